The predicted octanol–water partition coefficient (Wildman–Crippen LogP) is 3.84. The van der Waals surface area contributed by atoms with E-state index in [2.05, 4.69) is 28.2 Å². The monoisotopic (exact) mass is 513 g/mol. The number of halogens is 1. The summed E-state index contributed by atoms with van der Waals surface area (Å²) in [7, 11) is 5.34. The van der Waals surface area contributed by atoms with E-state index in [9.17, 15) is 0 Å². The molecule has 6 nitrogen and oxygen atoms in total. The fourth-order valence-electron chi connectivity index (χ4n) is 2.74. The van der Waals surface area contributed by atoms with Crippen molar-refractivity contribution in [1.82, 2.24) is 10.2 Å². The summed E-state index contributed by atoms with van der Waals surface area (Å²) >= 11 is 0. The molecule has 0 spiro atoms. The first-order valence-electron chi connectivity index (χ1n) is 9.56. The lowest BCUT2D eigenvalue weighted by Gasteiger charge is -2.22. The lowest BCUT2D eigenvalue weighted by atomic mass is 10.1. The Kier molecular flexibility index (Phi) is 11.9. The molecule has 0 aliphatic rings. The van der Waals surface area contributed by atoms with Gasteiger partial charge in [-0.2, -0.15) is 0 Å². The van der Waals surface area contributed by atoms with E-state index in [4.69, 9.17) is 14.2 Å². The quantitative estimate of drug-likeness (QED) is 0.227. The van der Waals surface area contributed by atoms with Crippen molar-refractivity contribution < 1.29 is 14.2 Å². The second kappa shape index (κ2) is 13.9. The van der Waals surface area contributed by atoms with Crippen LogP contribution in [0.15, 0.2) is 53.5 Å². The van der Waals surface area contributed by atoms with Crippen LogP contribution in [-0.2, 0) is 6.42 Å². The highest BCUT2D eigenvalue weighted by atomic mass is 127. The van der Waals surface area contributed by atoms with Gasteiger partial charge in [-0.15, -0.1) is 24.0 Å². The first kappa shape index (κ1) is 24.9. The van der Waals surface area contributed by atoms with E-state index in [1.165, 1.54) is 5.56 Å². The Bertz CT molecular complexity index is 741. The molecule has 0 heterocycles. The average Bonchev–Trinajstić information content (AvgIpc) is 2.74. The minimum atomic E-state index is 0. The second-order valence-electron chi connectivity index (χ2n) is 6.26. The lowest BCUT2D eigenvalue weighted by molar-refractivity contribution is 0.327. The number of benzene rings is 2. The molecule has 0 amide bonds. The van der Waals surface area contributed by atoms with Crippen LogP contribution in [0.25, 0.3) is 0 Å². The van der Waals surface area contributed by atoms with Crippen LogP contribution in [-0.4, -0.2) is 58.4 Å². The summed E-state index contributed by atoms with van der Waals surface area (Å²) in [4.78, 5) is 6.79. The lowest BCUT2D eigenvalue weighted by Crippen LogP contribution is -2.40. The van der Waals surface area contributed by atoms with Gasteiger partial charge in [0.1, 0.15) is 12.4 Å². The highest BCUT2D eigenvalue weighted by molar-refractivity contribution is 14.0. The van der Waals surface area contributed by atoms with Gasteiger partial charge in [0.2, 0.25) is 0 Å². The van der Waals surface area contributed by atoms with Crippen molar-refractivity contribution in [2.75, 3.05) is 47.5 Å². The van der Waals surface area contributed by atoms with Crippen LogP contribution in [0.2, 0.25) is 0 Å². The third-order valence-corrected chi connectivity index (χ3v) is 4.25. The smallest absolute Gasteiger partial charge is 0.193 e. The van der Waals surface area contributed by atoms with Gasteiger partial charge in [0.25, 0.3) is 0 Å². The van der Waals surface area contributed by atoms with Crippen LogP contribution < -0.4 is 19.5 Å². The molecule has 1 N–H and O–H groups in total. The number of guanidine groups is 1. The molecule has 0 fully saturated rings. The van der Waals surface area contributed by atoms with E-state index in [1.807, 2.05) is 49.5 Å². The van der Waals surface area contributed by atoms with Gasteiger partial charge in [-0.3, -0.25) is 0 Å². The Balaban J connectivity index is 0.00000420. The summed E-state index contributed by atoms with van der Waals surface area (Å²) < 4.78 is 16.4. The molecule has 0 aromatic heterocycles. The fourth-order valence-corrected chi connectivity index (χ4v) is 2.74. The van der Waals surface area contributed by atoms with Crippen LogP contribution in [0.4, 0.5) is 0 Å². The maximum Gasteiger partial charge on any atom is 0.193 e. The fraction of sp³-hybridized carbons (Fsp3) is 0.409. The Morgan fingerprint density at radius 2 is 1.76 bits per heavy atom. The molecule has 2 aromatic carbocycles. The van der Waals surface area contributed by atoms with Crippen molar-refractivity contribution in [2.45, 2.75) is 13.3 Å². The number of rotatable bonds is 10. The highest BCUT2D eigenvalue weighted by Crippen LogP contribution is 2.27. The number of aliphatic imine (C=N–C) groups is 1. The maximum atomic E-state index is 5.71. The number of ether oxygens (including phenoxy) is 3. The van der Waals surface area contributed by atoms with Gasteiger partial charge in [0.15, 0.2) is 17.5 Å². The zero-order valence-corrected chi connectivity index (χ0v) is 20.0. The summed E-state index contributed by atoms with van der Waals surface area (Å²) in [6.45, 7) is 4.86. The molecule has 160 valence electrons. The van der Waals surface area contributed by atoms with Crippen LogP contribution in [0, 0.1) is 0 Å². The normalized spacial score (nSPS) is 10.7. The molecular weight excluding hydrogens is 481 g/mol. The third kappa shape index (κ3) is 8.39. The van der Waals surface area contributed by atoms with E-state index < -0.39 is 0 Å². The van der Waals surface area contributed by atoms with Crippen LogP contribution >= 0.6 is 24.0 Å². The van der Waals surface area contributed by atoms with Gasteiger partial charge in [-0.1, -0.05) is 24.3 Å². The molecule has 0 saturated heterocycles. The Morgan fingerprint density at radius 3 is 2.41 bits per heavy atom. The van der Waals surface area contributed by atoms with Gasteiger partial charge >= 0.3 is 0 Å². The van der Waals surface area contributed by atoms with Crippen LogP contribution in [0.3, 0.4) is 0 Å². The highest BCUT2D eigenvalue weighted by Gasteiger charge is 2.08. The Morgan fingerprint density at radius 1 is 1.03 bits per heavy atom. The SMILES string of the molecule is CCNC(=NCCOc1ccccc1)N(C)CCc1ccc(OC)c(OC)c1.I. The molecule has 0 saturated carbocycles. The van der Waals surface area contributed by atoms with E-state index in [0.717, 1.165) is 42.7 Å². The number of hydrogen-bond donors (Lipinski definition) is 1. The first-order chi connectivity index (χ1) is 13.7. The molecule has 0 bridgehead atoms. The molecule has 29 heavy (non-hydrogen) atoms. The molecular formula is C22H32IN3O3. The molecule has 0 radical (unpaired) electrons. The number of nitrogens with zero attached hydrogens (tertiary/aromatic N) is 2. The maximum absolute atomic E-state index is 5.71. The largest absolute Gasteiger partial charge is 0.493 e. The predicted molar refractivity (Wildman–Crippen MR) is 129 cm³/mol. The molecule has 7 heteroatoms. The van der Waals surface area contributed by atoms with E-state index in [-0.39, 0.29) is 24.0 Å². The summed E-state index contributed by atoms with van der Waals surface area (Å²) in [5, 5.41) is 3.33. The standard InChI is InChI=1S/C22H31N3O3.HI/c1-5-23-22(24-14-16-28-19-9-7-6-8-10-19)25(2)15-13-18-11-12-20(26-3)21(17-18)27-4;/h6-12,17H,5,13-16H2,1-4H3,(H,23,24);1H. The Hall–Kier alpha value is -2.16. The van der Waals surface area contributed by atoms with Gasteiger partial charge in [-0.25, -0.2) is 4.99 Å². The summed E-state index contributed by atoms with van der Waals surface area (Å²) in [5.74, 6) is 3.23. The summed E-state index contributed by atoms with van der Waals surface area (Å²) in [5.41, 5.74) is 1.19. The average molecular weight is 513 g/mol. The second-order valence-corrected chi connectivity index (χ2v) is 6.26. The third-order valence-electron chi connectivity index (χ3n) is 4.25. The zero-order chi connectivity index (χ0) is 20.2. The van der Waals surface area contributed by atoms with Gasteiger partial charge in [-0.05, 0) is 43.2 Å². The number of likely N-dealkylation sites (N-methyl/N-ethyl adjacent to an activating group) is 1. The topological polar surface area (TPSA) is 55.3 Å². The molecule has 0 aliphatic heterocycles. The van der Waals surface area contributed by atoms with Gasteiger partial charge in [0.05, 0.1) is 20.8 Å². The van der Waals surface area contributed by atoms with Crippen molar-refractivity contribution in [1.29, 1.82) is 0 Å². The molecule has 0 unspecified atom stereocenters. The molecule has 0 atom stereocenters. The summed E-state index contributed by atoms with van der Waals surface area (Å²) in [6.07, 6.45) is 0.877. The van der Waals surface area contributed by atoms with Crippen LogP contribution in [0.1, 0.15) is 12.5 Å². The Labute approximate surface area is 191 Å². The number of para-hydroxylation sites is 1. The number of hydrogen-bond acceptors (Lipinski definition) is 4. The van der Waals surface area contributed by atoms with E-state index in [1.54, 1.807) is 14.2 Å². The first-order valence-corrected chi connectivity index (χ1v) is 9.56. The van der Waals surface area contributed by atoms with Crippen molar-refractivity contribution in [3.8, 4) is 17.2 Å². The van der Waals surface area contributed by atoms with Gasteiger partial charge < -0.3 is 24.4 Å². The van der Waals surface area contributed by atoms with Gasteiger partial charge in [0, 0.05) is 20.1 Å². The molecule has 2 aromatic rings. The zero-order valence-electron chi connectivity index (χ0n) is 17.7. The van der Waals surface area contributed by atoms with E-state index >= 15 is 0 Å². The number of nitrogens with one attached hydrogen (secondary N) is 1. The van der Waals surface area contributed by atoms with Crippen molar-refractivity contribution in [3.63, 3.8) is 0 Å². The summed E-state index contributed by atoms with van der Waals surface area (Å²) in [6, 6.07) is 15.8. The van der Waals surface area contributed by atoms with E-state index in [0.29, 0.717) is 13.2 Å². The van der Waals surface area contributed by atoms with Crippen molar-refractivity contribution in [2.24, 2.45) is 4.99 Å². The number of methoxy groups -OCH3 is 2. The van der Waals surface area contributed by atoms with Crippen molar-refractivity contribution >= 4 is 29.9 Å². The van der Waals surface area contributed by atoms with Crippen LogP contribution in [0.5, 0.6) is 17.2 Å². The molecule has 0 aliphatic carbocycles. The minimum Gasteiger partial charge on any atom is -0.493 e. The van der Waals surface area contributed by atoms with Crippen molar-refractivity contribution in [3.05, 3.63) is 54.1 Å². The minimum absolute atomic E-state index is 0. The molecule has 2 rings (SSSR count).